The number of nitrogens with one attached hydrogen (secondary N) is 2. The second-order valence-corrected chi connectivity index (χ2v) is 8.54. The Bertz CT molecular complexity index is 1410. The van der Waals surface area contributed by atoms with E-state index in [4.69, 9.17) is 4.74 Å². The highest BCUT2D eigenvalue weighted by molar-refractivity contribution is 5.92. The number of hydrogen-bond acceptors (Lipinski definition) is 6. The Morgan fingerprint density at radius 2 is 2.12 bits per heavy atom. The van der Waals surface area contributed by atoms with Gasteiger partial charge in [0.15, 0.2) is 5.82 Å². The van der Waals surface area contributed by atoms with Gasteiger partial charge in [-0.1, -0.05) is 6.07 Å². The van der Waals surface area contributed by atoms with Gasteiger partial charge in [0.05, 0.1) is 24.5 Å². The molecule has 0 aliphatic carbocycles. The first-order valence-corrected chi connectivity index (χ1v) is 11.2. The van der Waals surface area contributed by atoms with Crippen molar-refractivity contribution in [1.29, 1.82) is 0 Å². The van der Waals surface area contributed by atoms with Crippen LogP contribution in [-0.4, -0.2) is 56.6 Å². The first kappa shape index (κ1) is 22.0. The van der Waals surface area contributed by atoms with Crippen LogP contribution in [0, 0.1) is 11.7 Å². The number of aromatic nitrogens is 4. The molecule has 3 aromatic heterocycles. The number of benzene rings is 1. The van der Waals surface area contributed by atoms with E-state index in [0.717, 1.165) is 13.0 Å². The van der Waals surface area contributed by atoms with E-state index >= 15 is 4.39 Å². The number of likely N-dealkylation sites (tertiary alicyclic amines) is 1. The number of carbonyl (C=O) groups excluding carboxylic acids is 1. The lowest BCUT2D eigenvalue weighted by molar-refractivity contribution is 0.00717. The fraction of sp³-hybridized carbons (Fsp3) is 0.333. The van der Waals surface area contributed by atoms with Crippen LogP contribution in [0.2, 0.25) is 0 Å². The van der Waals surface area contributed by atoms with Crippen LogP contribution in [0.4, 0.5) is 4.39 Å². The van der Waals surface area contributed by atoms with Crippen molar-refractivity contribution in [2.24, 2.45) is 5.92 Å². The van der Waals surface area contributed by atoms with E-state index in [1.54, 1.807) is 43.6 Å². The molecule has 1 unspecified atom stereocenters. The van der Waals surface area contributed by atoms with Crippen LogP contribution >= 0.6 is 0 Å². The molecule has 1 saturated heterocycles. The number of aromatic amines is 1. The second kappa shape index (κ2) is 8.86. The lowest BCUT2D eigenvalue weighted by atomic mass is 9.87. The molecule has 1 aliphatic rings. The van der Waals surface area contributed by atoms with Crippen molar-refractivity contribution in [3.63, 3.8) is 0 Å². The molecule has 2 N–H and O–H groups in total. The number of fused-ring (bicyclic) bond motifs is 3. The van der Waals surface area contributed by atoms with E-state index in [0.29, 0.717) is 47.1 Å². The molecule has 176 valence electrons. The SMILES string of the molecule is CNC(=O)c1ccc(OCCC2CN(Cc3ccc4c([nH]c(=O)c5ccnn54)c3F)[C@@H]2C)cn1. The minimum atomic E-state index is -0.418. The summed E-state index contributed by atoms with van der Waals surface area (Å²) < 4.78 is 22.5. The summed E-state index contributed by atoms with van der Waals surface area (Å²) in [7, 11) is 1.56. The highest BCUT2D eigenvalue weighted by atomic mass is 19.1. The standard InChI is InChI=1S/C24H25FN6O3/c1-14-15(8-10-34-17-4-5-18(27-11-17)23(32)26-2)12-30(14)13-16-3-6-19-22(21(16)25)29-24(33)20-7-9-28-31(19)20/h3-7,9,11,14-15H,8,10,12-13H2,1-2H3,(H,26,32)(H,29,33)/t14-,15?/m1/s1. The molecule has 1 aromatic carbocycles. The number of H-pyrrole nitrogens is 1. The van der Waals surface area contributed by atoms with Crippen LogP contribution < -0.4 is 15.6 Å². The lowest BCUT2D eigenvalue weighted by Gasteiger charge is -2.46. The minimum absolute atomic E-state index is 0.174. The number of carbonyl (C=O) groups is 1. The first-order valence-electron chi connectivity index (χ1n) is 11.2. The molecule has 5 rings (SSSR count). The molecule has 0 saturated carbocycles. The minimum Gasteiger partial charge on any atom is -0.492 e. The fourth-order valence-electron chi connectivity index (χ4n) is 4.47. The van der Waals surface area contributed by atoms with Crippen molar-refractivity contribution in [3.8, 4) is 5.75 Å². The monoisotopic (exact) mass is 464 g/mol. The van der Waals surface area contributed by atoms with E-state index in [2.05, 4.69) is 32.2 Å². The second-order valence-electron chi connectivity index (χ2n) is 8.54. The summed E-state index contributed by atoms with van der Waals surface area (Å²) in [6.45, 7) is 3.96. The molecule has 4 heterocycles. The molecular weight excluding hydrogens is 439 g/mol. The molecule has 0 bridgehead atoms. The Balaban J connectivity index is 1.18. The van der Waals surface area contributed by atoms with E-state index in [1.165, 1.54) is 10.7 Å². The topological polar surface area (TPSA) is 105 Å². The molecule has 1 fully saturated rings. The van der Waals surface area contributed by atoms with Gasteiger partial charge in [-0.2, -0.15) is 5.10 Å². The highest BCUT2D eigenvalue weighted by Crippen LogP contribution is 2.31. The van der Waals surface area contributed by atoms with Crippen LogP contribution in [0.1, 0.15) is 29.4 Å². The number of pyridine rings is 1. The van der Waals surface area contributed by atoms with Gasteiger partial charge < -0.3 is 15.0 Å². The van der Waals surface area contributed by atoms with Crippen molar-refractivity contribution < 1.29 is 13.9 Å². The smallest absolute Gasteiger partial charge is 0.274 e. The summed E-state index contributed by atoms with van der Waals surface area (Å²) in [6.07, 6.45) is 3.93. The van der Waals surface area contributed by atoms with E-state index in [9.17, 15) is 9.59 Å². The van der Waals surface area contributed by atoms with Gasteiger partial charge in [-0.3, -0.25) is 14.5 Å². The molecule has 9 nitrogen and oxygen atoms in total. The van der Waals surface area contributed by atoms with E-state index in [1.807, 2.05) is 0 Å². The van der Waals surface area contributed by atoms with Crippen molar-refractivity contribution >= 4 is 22.5 Å². The molecule has 1 aliphatic heterocycles. The van der Waals surface area contributed by atoms with Crippen LogP contribution in [0.3, 0.4) is 0 Å². The van der Waals surface area contributed by atoms with Gasteiger partial charge in [0.2, 0.25) is 0 Å². The average Bonchev–Trinajstić information content (AvgIpc) is 3.35. The van der Waals surface area contributed by atoms with Gasteiger partial charge in [0.25, 0.3) is 11.5 Å². The van der Waals surface area contributed by atoms with E-state index < -0.39 is 5.82 Å². The van der Waals surface area contributed by atoms with Crippen LogP contribution in [0.25, 0.3) is 16.6 Å². The number of halogens is 1. The first-order chi connectivity index (χ1) is 16.5. The number of rotatable bonds is 7. The lowest BCUT2D eigenvalue weighted by Crippen LogP contribution is -2.54. The van der Waals surface area contributed by atoms with Gasteiger partial charge in [0.1, 0.15) is 22.5 Å². The Morgan fingerprint density at radius 1 is 1.26 bits per heavy atom. The third-order valence-electron chi connectivity index (χ3n) is 6.60. The molecule has 34 heavy (non-hydrogen) atoms. The maximum atomic E-state index is 15.2. The van der Waals surface area contributed by atoms with Gasteiger partial charge >= 0.3 is 0 Å². The Labute approximate surface area is 194 Å². The third-order valence-corrected chi connectivity index (χ3v) is 6.60. The summed E-state index contributed by atoms with van der Waals surface area (Å²) in [4.78, 5) is 32.8. The molecule has 0 radical (unpaired) electrons. The molecule has 2 atom stereocenters. The van der Waals surface area contributed by atoms with Gasteiger partial charge in [-0.25, -0.2) is 13.9 Å². The van der Waals surface area contributed by atoms with Gasteiger partial charge in [-0.05, 0) is 43.5 Å². The number of ether oxygens (including phenoxy) is 1. The van der Waals surface area contributed by atoms with Crippen molar-refractivity contribution in [1.82, 2.24) is 29.8 Å². The predicted octanol–water partition coefficient (Wildman–Crippen LogP) is 2.36. The fourth-order valence-corrected chi connectivity index (χ4v) is 4.47. The maximum absolute atomic E-state index is 15.2. The van der Waals surface area contributed by atoms with Crippen molar-refractivity contribution in [2.75, 3.05) is 20.2 Å². The zero-order chi connectivity index (χ0) is 23.8. The number of amides is 1. The highest BCUT2D eigenvalue weighted by Gasteiger charge is 2.35. The van der Waals surface area contributed by atoms with Crippen LogP contribution in [-0.2, 0) is 6.54 Å². The van der Waals surface area contributed by atoms with Gasteiger partial charge in [-0.15, -0.1) is 0 Å². The largest absolute Gasteiger partial charge is 0.492 e. The number of hydrogen-bond donors (Lipinski definition) is 2. The summed E-state index contributed by atoms with van der Waals surface area (Å²) in [5, 5.41) is 6.67. The summed E-state index contributed by atoms with van der Waals surface area (Å²) in [5.74, 6) is 0.401. The molecule has 0 spiro atoms. The number of nitrogens with zero attached hydrogens (tertiary/aromatic N) is 4. The molecule has 10 heteroatoms. The Hall–Kier alpha value is -3.79. The van der Waals surface area contributed by atoms with Crippen molar-refractivity contribution in [3.05, 3.63) is 70.2 Å². The maximum Gasteiger partial charge on any atom is 0.274 e. The predicted molar refractivity (Wildman–Crippen MR) is 124 cm³/mol. The summed E-state index contributed by atoms with van der Waals surface area (Å²) in [6, 6.07) is 8.80. The quantitative estimate of drug-likeness (QED) is 0.435. The normalized spacial score (nSPS) is 18.2. The molecule has 1 amide bonds. The zero-order valence-electron chi connectivity index (χ0n) is 18.9. The van der Waals surface area contributed by atoms with E-state index in [-0.39, 0.29) is 23.0 Å². The summed E-state index contributed by atoms with van der Waals surface area (Å²) >= 11 is 0. The van der Waals surface area contributed by atoms with Crippen molar-refractivity contribution in [2.45, 2.75) is 25.9 Å². The average molecular weight is 465 g/mol. The van der Waals surface area contributed by atoms with Crippen LogP contribution in [0.15, 0.2) is 47.5 Å². The van der Waals surface area contributed by atoms with Crippen LogP contribution in [0.5, 0.6) is 5.75 Å². The molecule has 4 aromatic rings. The van der Waals surface area contributed by atoms with Gasteiger partial charge in [0, 0.05) is 31.7 Å². The Kier molecular flexibility index (Phi) is 5.74. The third kappa shape index (κ3) is 3.90. The zero-order valence-corrected chi connectivity index (χ0v) is 18.9. The molecular formula is C24H25FN6O3. The summed E-state index contributed by atoms with van der Waals surface area (Å²) in [5.41, 5.74) is 1.62. The Morgan fingerprint density at radius 3 is 2.85 bits per heavy atom.